The quantitative estimate of drug-likeness (QED) is 0.170. The number of benzene rings is 1. The Morgan fingerprint density at radius 2 is 1.62 bits per heavy atom. The van der Waals surface area contributed by atoms with Crippen LogP contribution in [0.1, 0.15) is 97.2 Å². The number of carbonyl (C=O) groups excluding carboxylic acids is 4. The largest absolute Gasteiger partial charge is 0.519 e. The number of amides is 4. The van der Waals surface area contributed by atoms with Gasteiger partial charge in [0.05, 0.1) is 0 Å². The van der Waals surface area contributed by atoms with Gasteiger partial charge < -0.3 is 35.3 Å². The summed E-state index contributed by atoms with van der Waals surface area (Å²) in [6, 6.07) is 4.82. The lowest BCUT2D eigenvalue weighted by molar-refractivity contribution is -0.133. The van der Waals surface area contributed by atoms with Crippen LogP contribution in [0.25, 0.3) is 0 Å². The summed E-state index contributed by atoms with van der Waals surface area (Å²) in [4.78, 5) is 62.9. The molecule has 1 heterocycles. The predicted octanol–water partition coefficient (Wildman–Crippen LogP) is 3.67. The van der Waals surface area contributed by atoms with Crippen LogP contribution in [-0.2, 0) is 32.2 Å². The fourth-order valence-corrected chi connectivity index (χ4v) is 4.83. The fourth-order valence-electron chi connectivity index (χ4n) is 4.83. The molecule has 12 nitrogen and oxygen atoms in total. The molecule has 0 radical (unpaired) electrons. The van der Waals surface area contributed by atoms with E-state index >= 15 is 0 Å². The van der Waals surface area contributed by atoms with Crippen molar-refractivity contribution in [3.05, 3.63) is 52.0 Å². The van der Waals surface area contributed by atoms with Crippen LogP contribution in [0.15, 0.2) is 37.9 Å². The Labute approximate surface area is 265 Å². The van der Waals surface area contributed by atoms with Gasteiger partial charge in [-0.3, -0.25) is 19.2 Å². The molecule has 12 heteroatoms. The maximum atomic E-state index is 13.7. The second-order valence-corrected chi connectivity index (χ2v) is 12.4. The first-order chi connectivity index (χ1) is 21.2. The van der Waals surface area contributed by atoms with Crippen LogP contribution in [0.2, 0.25) is 0 Å². The van der Waals surface area contributed by atoms with E-state index in [-0.39, 0.29) is 49.0 Å². The molecule has 250 valence electrons. The first kappa shape index (κ1) is 37.1. The van der Waals surface area contributed by atoms with Gasteiger partial charge in [0.25, 0.3) is 0 Å². The van der Waals surface area contributed by atoms with E-state index in [0.717, 1.165) is 18.4 Å². The van der Waals surface area contributed by atoms with E-state index in [1.54, 1.807) is 52.0 Å². The van der Waals surface area contributed by atoms with Crippen molar-refractivity contribution < 1.29 is 32.7 Å². The minimum atomic E-state index is -0.931. The number of unbranched alkanes of at least 4 members (excludes halogenated alkanes) is 2. The highest BCUT2D eigenvalue weighted by atomic mass is 16.6. The molecule has 0 aliphatic rings. The average Bonchev–Trinajstić information content (AvgIpc) is 3.30. The van der Waals surface area contributed by atoms with Crippen molar-refractivity contribution in [2.24, 2.45) is 17.1 Å². The molecule has 0 saturated carbocycles. The maximum absolute atomic E-state index is 13.7. The number of aryl methyl sites for hydroxylation is 1. The normalized spacial score (nSPS) is 14.1. The van der Waals surface area contributed by atoms with Gasteiger partial charge in [-0.05, 0) is 50.3 Å². The second kappa shape index (κ2) is 17.4. The van der Waals surface area contributed by atoms with Crippen molar-refractivity contribution in [1.82, 2.24) is 16.0 Å². The Morgan fingerprint density at radius 1 is 0.956 bits per heavy atom. The third-order valence-electron chi connectivity index (χ3n) is 7.89. The van der Waals surface area contributed by atoms with Gasteiger partial charge in [0.15, 0.2) is 11.5 Å². The van der Waals surface area contributed by atoms with E-state index in [4.69, 9.17) is 19.3 Å². The van der Waals surface area contributed by atoms with Gasteiger partial charge in [0.1, 0.15) is 24.4 Å². The Morgan fingerprint density at radius 3 is 2.18 bits per heavy atom. The molecule has 0 saturated heterocycles. The molecule has 2 aromatic rings. The lowest BCUT2D eigenvalue weighted by Crippen LogP contribution is -2.57. The molecule has 1 aromatic carbocycles. The van der Waals surface area contributed by atoms with Gasteiger partial charge in [-0.25, -0.2) is 4.79 Å². The van der Waals surface area contributed by atoms with Crippen molar-refractivity contribution in [1.29, 1.82) is 0 Å². The molecule has 0 spiro atoms. The molecule has 0 bridgehead atoms. The molecule has 0 fully saturated rings. The summed E-state index contributed by atoms with van der Waals surface area (Å²) >= 11 is 0. The molecule has 0 aliphatic heterocycles. The molecule has 2 rings (SSSR count). The standard InChI is InChI=1S/C33H50N4O8/c1-8-10-11-12-27(38)36-25(17-23-13-15-24(16-14-23)43-19-26-22(5)44-32(42)45-26)29(39)37-28(20(3)9-2)30(40)35-21(4)18-33(6,7)31(34)41/h13-16,20-21,25,28H,8-12,17-19H2,1-7H3,(H2,34,41)(H,35,40)(H,36,38)(H,37,39). The fraction of sp³-hybridized carbons (Fsp3) is 0.606. The summed E-state index contributed by atoms with van der Waals surface area (Å²) in [7, 11) is 0. The summed E-state index contributed by atoms with van der Waals surface area (Å²) in [6.07, 6.45) is 3.98. The first-order valence-corrected chi connectivity index (χ1v) is 15.7. The van der Waals surface area contributed by atoms with Crippen LogP contribution in [0.3, 0.4) is 0 Å². The van der Waals surface area contributed by atoms with Crippen LogP contribution < -0.4 is 32.2 Å². The Kier molecular flexibility index (Phi) is 14.4. The Balaban J connectivity index is 2.18. The third kappa shape index (κ3) is 12.1. The number of hydrogen-bond acceptors (Lipinski definition) is 8. The van der Waals surface area contributed by atoms with Gasteiger partial charge in [0.2, 0.25) is 23.6 Å². The van der Waals surface area contributed by atoms with Crippen molar-refractivity contribution in [2.45, 2.75) is 118 Å². The van der Waals surface area contributed by atoms with Crippen LogP contribution in [0.4, 0.5) is 0 Å². The van der Waals surface area contributed by atoms with Crippen molar-refractivity contribution in [3.63, 3.8) is 0 Å². The van der Waals surface area contributed by atoms with Crippen LogP contribution in [0, 0.1) is 18.3 Å². The summed E-state index contributed by atoms with van der Waals surface area (Å²) in [5.74, 6) is -1.41. The predicted molar refractivity (Wildman–Crippen MR) is 169 cm³/mol. The zero-order chi connectivity index (χ0) is 33.7. The third-order valence-corrected chi connectivity index (χ3v) is 7.89. The molecule has 4 atom stereocenters. The smallest absolute Gasteiger partial charge is 0.486 e. The highest BCUT2D eigenvalue weighted by Crippen LogP contribution is 2.22. The van der Waals surface area contributed by atoms with Crippen molar-refractivity contribution >= 4 is 23.6 Å². The second-order valence-electron chi connectivity index (χ2n) is 12.4. The van der Waals surface area contributed by atoms with Crippen molar-refractivity contribution in [2.75, 3.05) is 0 Å². The molecule has 1 aromatic heterocycles. The molecular formula is C33H50N4O8. The summed E-state index contributed by atoms with van der Waals surface area (Å²) in [5.41, 5.74) is 5.45. The Bertz CT molecular complexity index is 1330. The molecule has 5 N–H and O–H groups in total. The van der Waals surface area contributed by atoms with E-state index in [1.165, 1.54) is 0 Å². The van der Waals surface area contributed by atoms with Crippen molar-refractivity contribution in [3.8, 4) is 5.75 Å². The molecule has 0 aliphatic carbocycles. The number of nitrogens with one attached hydrogen (secondary N) is 3. The topological polar surface area (TPSA) is 183 Å². The van der Waals surface area contributed by atoms with Gasteiger partial charge in [-0.1, -0.05) is 66.0 Å². The molecule has 4 unspecified atom stereocenters. The number of primary amides is 1. The molecular weight excluding hydrogens is 580 g/mol. The number of hydrogen-bond donors (Lipinski definition) is 4. The number of ether oxygens (including phenoxy) is 1. The van der Waals surface area contributed by atoms with Gasteiger partial charge in [-0.15, -0.1) is 0 Å². The molecule has 45 heavy (non-hydrogen) atoms. The van der Waals surface area contributed by atoms with Crippen LogP contribution in [0.5, 0.6) is 5.75 Å². The van der Waals surface area contributed by atoms with Crippen LogP contribution in [-0.4, -0.2) is 41.8 Å². The maximum Gasteiger partial charge on any atom is 0.519 e. The first-order valence-electron chi connectivity index (χ1n) is 15.7. The SMILES string of the molecule is CCCCCC(=O)NC(Cc1ccc(OCc2oc(=O)oc2C)cc1)C(=O)NC(C(=O)NC(C)CC(C)(C)C(N)=O)C(C)CC. The number of rotatable bonds is 19. The monoisotopic (exact) mass is 630 g/mol. The van der Waals surface area contributed by atoms with E-state index in [1.807, 2.05) is 20.8 Å². The minimum absolute atomic E-state index is 0.00742. The van der Waals surface area contributed by atoms with E-state index in [0.29, 0.717) is 30.8 Å². The summed E-state index contributed by atoms with van der Waals surface area (Å²) < 4.78 is 15.5. The minimum Gasteiger partial charge on any atom is -0.486 e. The Hall–Kier alpha value is -4.09. The van der Waals surface area contributed by atoms with Gasteiger partial charge in [-0.2, -0.15) is 0 Å². The van der Waals surface area contributed by atoms with Crippen LogP contribution >= 0.6 is 0 Å². The van der Waals surface area contributed by atoms with E-state index < -0.39 is 35.1 Å². The van der Waals surface area contributed by atoms with Gasteiger partial charge >= 0.3 is 5.82 Å². The average molecular weight is 631 g/mol. The number of nitrogens with two attached hydrogens (primary N) is 1. The van der Waals surface area contributed by atoms with Gasteiger partial charge in [0, 0.05) is 24.3 Å². The number of carbonyl (C=O) groups is 4. The highest BCUT2D eigenvalue weighted by Gasteiger charge is 2.33. The zero-order valence-corrected chi connectivity index (χ0v) is 27.6. The van der Waals surface area contributed by atoms with E-state index in [2.05, 4.69) is 16.0 Å². The highest BCUT2D eigenvalue weighted by molar-refractivity contribution is 5.92. The van der Waals surface area contributed by atoms with E-state index in [9.17, 15) is 24.0 Å². The molecule has 4 amide bonds. The zero-order valence-electron chi connectivity index (χ0n) is 27.6. The lowest BCUT2D eigenvalue weighted by atomic mass is 9.85. The lowest BCUT2D eigenvalue weighted by Gasteiger charge is -2.30. The summed E-state index contributed by atoms with van der Waals surface area (Å²) in [6.45, 7) is 12.7. The summed E-state index contributed by atoms with van der Waals surface area (Å²) in [5, 5.41) is 8.66.